The van der Waals surface area contributed by atoms with Crippen molar-refractivity contribution in [3.05, 3.63) is 72.9 Å². The molecule has 0 aliphatic heterocycles. The normalized spacial score (nSPS) is 14.0. The van der Waals surface area contributed by atoms with Gasteiger partial charge in [-0.25, -0.2) is 4.57 Å². The Bertz CT molecular complexity index is 1350. The maximum Gasteiger partial charge on any atom is 0.472 e. The number of hydrogen-bond acceptors (Lipinski definition) is 7. The van der Waals surface area contributed by atoms with Crippen molar-refractivity contribution >= 4 is 19.8 Å². The van der Waals surface area contributed by atoms with Crippen molar-refractivity contribution < 1.29 is 42.1 Å². The van der Waals surface area contributed by atoms with Gasteiger partial charge in [0.2, 0.25) is 0 Å². The minimum Gasteiger partial charge on any atom is -0.462 e. The molecule has 382 valence electrons. The van der Waals surface area contributed by atoms with Crippen LogP contribution < -0.4 is 0 Å². The fourth-order valence-electron chi connectivity index (χ4n) is 7.14. The van der Waals surface area contributed by atoms with E-state index in [9.17, 15) is 19.0 Å². The molecule has 0 radical (unpaired) electrons. The Morgan fingerprint density at radius 2 is 0.864 bits per heavy atom. The Morgan fingerprint density at radius 1 is 0.485 bits per heavy atom. The van der Waals surface area contributed by atoms with E-state index in [1.165, 1.54) is 103 Å². The SMILES string of the molecule is CC/C=C\C/C=C\C/C=C\C/C=C\C/C=C\C/C=C\CCCCCCC(=O)OC(COC(=O)CCCCCCCCCCCCCCCCCCCCC)COP(=O)(O)OCC[N+](C)(C)C. The van der Waals surface area contributed by atoms with Gasteiger partial charge in [-0.05, 0) is 64.2 Å². The van der Waals surface area contributed by atoms with Crippen molar-refractivity contribution in [1.29, 1.82) is 0 Å². The maximum absolute atomic E-state index is 12.8. The number of phosphoric ester groups is 1. The zero-order valence-electron chi connectivity index (χ0n) is 43.2. The molecule has 0 aromatic heterocycles. The quantitative estimate of drug-likeness (QED) is 0.0211. The van der Waals surface area contributed by atoms with Crippen LogP contribution in [0.15, 0.2) is 72.9 Å². The van der Waals surface area contributed by atoms with Gasteiger partial charge in [-0.15, -0.1) is 0 Å². The minimum atomic E-state index is -4.39. The third-order valence-corrected chi connectivity index (χ3v) is 12.2. The highest BCUT2D eigenvalue weighted by atomic mass is 31.2. The standard InChI is InChI=1S/C56H100NO8P/c1-6-8-10-12-14-16-18-20-22-24-26-27-28-29-31-33-35-37-39-41-43-45-47-49-56(59)65-54(53-64-66(60,61)63-51-50-57(3,4)5)52-62-55(58)48-46-44-42-40-38-36-34-32-30-25-23-21-19-17-15-13-11-9-7-2/h8,10,14,16,20,22,26-27,29,31,35,37,54H,6-7,9,11-13,15,17-19,21,23-25,28,30,32-34,36,38-53H2,1-5H3/p+1/b10-8-,16-14-,22-20-,27-26-,31-29-,37-35-. The molecule has 0 aromatic carbocycles. The molecule has 0 bridgehead atoms. The number of carbonyl (C=O) groups excluding carboxylic acids is 2. The van der Waals surface area contributed by atoms with E-state index in [1.54, 1.807) is 0 Å². The van der Waals surface area contributed by atoms with Crippen molar-refractivity contribution in [2.24, 2.45) is 0 Å². The van der Waals surface area contributed by atoms with E-state index in [4.69, 9.17) is 18.5 Å². The van der Waals surface area contributed by atoms with Crippen LogP contribution in [0.25, 0.3) is 0 Å². The van der Waals surface area contributed by atoms with Crippen molar-refractivity contribution in [3.8, 4) is 0 Å². The fraction of sp³-hybridized carbons (Fsp3) is 0.750. The van der Waals surface area contributed by atoms with Gasteiger partial charge in [-0.1, -0.05) is 215 Å². The van der Waals surface area contributed by atoms with Crippen LogP contribution in [0, 0.1) is 0 Å². The van der Waals surface area contributed by atoms with Crippen LogP contribution in [0.1, 0.15) is 219 Å². The smallest absolute Gasteiger partial charge is 0.462 e. The van der Waals surface area contributed by atoms with Gasteiger partial charge in [0.1, 0.15) is 19.8 Å². The van der Waals surface area contributed by atoms with E-state index >= 15 is 0 Å². The Labute approximate surface area is 406 Å². The molecule has 0 saturated carbocycles. The number of unbranched alkanes of at least 4 members (excludes halogenated alkanes) is 22. The minimum absolute atomic E-state index is 0.0241. The van der Waals surface area contributed by atoms with Crippen LogP contribution in [0.2, 0.25) is 0 Å². The molecule has 0 aliphatic carbocycles. The molecule has 0 saturated heterocycles. The second-order valence-electron chi connectivity index (χ2n) is 18.9. The lowest BCUT2D eigenvalue weighted by Crippen LogP contribution is -2.37. The Hall–Kier alpha value is -2.55. The van der Waals surface area contributed by atoms with Crippen LogP contribution in [0.3, 0.4) is 0 Å². The number of ether oxygens (including phenoxy) is 2. The molecule has 0 spiro atoms. The van der Waals surface area contributed by atoms with E-state index in [1.807, 2.05) is 21.1 Å². The highest BCUT2D eigenvalue weighted by Crippen LogP contribution is 2.43. The number of quaternary nitrogens is 1. The van der Waals surface area contributed by atoms with Crippen LogP contribution in [0.4, 0.5) is 0 Å². The zero-order chi connectivity index (χ0) is 48.5. The molecule has 0 amide bonds. The van der Waals surface area contributed by atoms with Crippen LogP contribution in [-0.2, 0) is 32.7 Å². The predicted octanol–water partition coefficient (Wildman–Crippen LogP) is 16.1. The van der Waals surface area contributed by atoms with Crippen molar-refractivity contribution in [3.63, 3.8) is 0 Å². The lowest BCUT2D eigenvalue weighted by Gasteiger charge is -2.24. The summed E-state index contributed by atoms with van der Waals surface area (Å²) in [5.74, 6) is -0.824. The molecule has 2 unspecified atom stereocenters. The molecule has 0 heterocycles. The van der Waals surface area contributed by atoms with Crippen molar-refractivity contribution in [1.82, 2.24) is 0 Å². The summed E-state index contributed by atoms with van der Waals surface area (Å²) < 4.78 is 34.5. The average molecular weight is 947 g/mol. The first-order valence-electron chi connectivity index (χ1n) is 26.7. The first-order chi connectivity index (χ1) is 32.0. The molecule has 0 rings (SSSR count). The summed E-state index contributed by atoms with van der Waals surface area (Å²) >= 11 is 0. The third kappa shape index (κ3) is 50.9. The molecule has 66 heavy (non-hydrogen) atoms. The third-order valence-electron chi connectivity index (χ3n) is 11.3. The molecular weight excluding hydrogens is 846 g/mol. The summed E-state index contributed by atoms with van der Waals surface area (Å²) in [7, 11) is 1.45. The molecule has 10 heteroatoms. The van der Waals surface area contributed by atoms with Gasteiger partial charge >= 0.3 is 19.8 Å². The van der Waals surface area contributed by atoms with E-state index < -0.39 is 26.5 Å². The lowest BCUT2D eigenvalue weighted by molar-refractivity contribution is -0.870. The number of likely N-dealkylation sites (N-methyl/N-ethyl adjacent to an activating group) is 1. The van der Waals surface area contributed by atoms with Gasteiger partial charge in [0.25, 0.3) is 0 Å². The predicted molar refractivity (Wildman–Crippen MR) is 279 cm³/mol. The van der Waals surface area contributed by atoms with Gasteiger partial charge in [-0.2, -0.15) is 0 Å². The van der Waals surface area contributed by atoms with Crippen LogP contribution in [-0.4, -0.2) is 74.9 Å². The second kappa shape index (κ2) is 47.5. The summed E-state index contributed by atoms with van der Waals surface area (Å²) in [5.41, 5.74) is 0. The average Bonchev–Trinajstić information content (AvgIpc) is 3.27. The summed E-state index contributed by atoms with van der Waals surface area (Å²) in [6.45, 7) is 4.30. The van der Waals surface area contributed by atoms with Crippen molar-refractivity contribution in [2.75, 3.05) is 47.5 Å². The Morgan fingerprint density at radius 3 is 1.29 bits per heavy atom. The topological polar surface area (TPSA) is 108 Å². The summed E-state index contributed by atoms with van der Waals surface area (Å²) in [6.07, 6.45) is 61.0. The second-order valence-corrected chi connectivity index (χ2v) is 20.3. The molecule has 1 N–H and O–H groups in total. The van der Waals surface area contributed by atoms with E-state index in [0.29, 0.717) is 17.4 Å². The molecule has 0 aromatic rings. The number of carbonyl (C=O) groups is 2. The first-order valence-corrected chi connectivity index (χ1v) is 28.2. The first kappa shape index (κ1) is 63.5. The number of allylic oxidation sites excluding steroid dienone is 12. The number of nitrogens with zero attached hydrogens (tertiary/aromatic N) is 1. The Kier molecular flexibility index (Phi) is 45.7. The highest BCUT2D eigenvalue weighted by Gasteiger charge is 2.27. The van der Waals surface area contributed by atoms with Gasteiger partial charge in [-0.3, -0.25) is 18.6 Å². The number of phosphoric acid groups is 1. The number of hydrogen-bond donors (Lipinski definition) is 1. The fourth-order valence-corrected chi connectivity index (χ4v) is 7.88. The van der Waals surface area contributed by atoms with Gasteiger partial charge in [0.15, 0.2) is 6.10 Å². The monoisotopic (exact) mass is 947 g/mol. The van der Waals surface area contributed by atoms with Gasteiger partial charge in [0, 0.05) is 12.8 Å². The Balaban J connectivity index is 4.30. The van der Waals surface area contributed by atoms with Crippen LogP contribution >= 0.6 is 7.82 Å². The molecule has 0 aliphatic rings. The zero-order valence-corrected chi connectivity index (χ0v) is 44.1. The molecule has 0 fully saturated rings. The highest BCUT2D eigenvalue weighted by molar-refractivity contribution is 7.47. The lowest BCUT2D eigenvalue weighted by atomic mass is 10.0. The number of rotatable bonds is 48. The van der Waals surface area contributed by atoms with E-state index in [0.717, 1.165) is 83.5 Å². The molecule has 2 atom stereocenters. The molecule has 9 nitrogen and oxygen atoms in total. The van der Waals surface area contributed by atoms with E-state index in [-0.39, 0.29) is 32.0 Å². The van der Waals surface area contributed by atoms with Gasteiger partial charge in [0.05, 0.1) is 27.7 Å². The van der Waals surface area contributed by atoms with Crippen molar-refractivity contribution in [2.45, 2.75) is 225 Å². The van der Waals surface area contributed by atoms with E-state index in [2.05, 4.69) is 86.8 Å². The van der Waals surface area contributed by atoms with Crippen LogP contribution in [0.5, 0.6) is 0 Å². The maximum atomic E-state index is 12.8. The summed E-state index contributed by atoms with van der Waals surface area (Å²) in [5, 5.41) is 0. The summed E-state index contributed by atoms with van der Waals surface area (Å²) in [4.78, 5) is 35.6. The summed E-state index contributed by atoms with van der Waals surface area (Å²) in [6, 6.07) is 0. The largest absolute Gasteiger partial charge is 0.472 e. The molecular formula is C56H101NO8P+. The van der Waals surface area contributed by atoms with Gasteiger partial charge < -0.3 is 18.9 Å². The number of esters is 2.